The average Bonchev–Trinajstić information content (AvgIpc) is 2.35. The molecule has 0 saturated heterocycles. The second-order valence-electron chi connectivity index (χ2n) is 3.37. The van der Waals surface area contributed by atoms with Crippen LogP contribution in [0.2, 0.25) is 0 Å². The topological polar surface area (TPSA) is 117 Å². The summed E-state index contributed by atoms with van der Waals surface area (Å²) < 4.78 is 4.30. The number of carbonyl (C=O) groups is 1. The van der Waals surface area contributed by atoms with Gasteiger partial charge in [0.2, 0.25) is 0 Å². The number of benzene rings is 1. The van der Waals surface area contributed by atoms with Crippen LogP contribution >= 0.6 is 0 Å². The highest BCUT2D eigenvalue weighted by Gasteiger charge is 2.28. The molecule has 0 heterocycles. The molecule has 17 heavy (non-hydrogen) atoms. The largest absolute Gasteiger partial charge is 0.467 e. The number of nitriles is 1. The van der Waals surface area contributed by atoms with Crippen molar-refractivity contribution in [1.82, 2.24) is 0 Å². The molecular weight excluding hydrogens is 224 g/mol. The minimum atomic E-state index is -1.76. The molecule has 0 spiro atoms. The second kappa shape index (κ2) is 5.30. The number of carbonyl (C=O) groups excluding carboxylic acids is 1. The number of nitrogens with two attached hydrogens (primary N) is 1. The van der Waals surface area contributed by atoms with Crippen molar-refractivity contribution in [3.63, 3.8) is 0 Å². The summed E-state index contributed by atoms with van der Waals surface area (Å²) >= 11 is 0. The van der Waals surface area contributed by atoms with Crippen LogP contribution in [0.5, 0.6) is 0 Å². The highest BCUT2D eigenvalue weighted by Crippen LogP contribution is 2.23. The molecule has 1 aromatic rings. The van der Waals surface area contributed by atoms with Crippen molar-refractivity contribution in [3.05, 3.63) is 29.3 Å². The zero-order chi connectivity index (χ0) is 13.0. The number of aliphatic hydroxyl groups is 2. The third-order valence-electron chi connectivity index (χ3n) is 2.26. The maximum atomic E-state index is 11.1. The maximum Gasteiger partial charge on any atom is 0.337 e. The van der Waals surface area contributed by atoms with Gasteiger partial charge in [-0.25, -0.2) is 4.79 Å². The van der Waals surface area contributed by atoms with E-state index >= 15 is 0 Å². The number of rotatable bonds is 3. The molecule has 0 saturated carbocycles. The molecule has 6 nitrogen and oxygen atoms in total. The van der Waals surface area contributed by atoms with Gasteiger partial charge in [0.15, 0.2) is 6.10 Å². The van der Waals surface area contributed by atoms with Crippen LogP contribution in [0.3, 0.4) is 0 Å². The molecule has 0 bridgehead atoms. The number of nitrogens with zero attached hydrogens (tertiary/aromatic N) is 1. The first-order valence-corrected chi connectivity index (χ1v) is 4.74. The minimum absolute atomic E-state index is 0.0883. The van der Waals surface area contributed by atoms with E-state index in [0.29, 0.717) is 5.69 Å². The predicted molar refractivity (Wildman–Crippen MR) is 58.6 cm³/mol. The van der Waals surface area contributed by atoms with Crippen LogP contribution in [0.1, 0.15) is 17.2 Å². The fourth-order valence-corrected chi connectivity index (χ4v) is 1.35. The van der Waals surface area contributed by atoms with Gasteiger partial charge in [0.1, 0.15) is 6.10 Å². The SMILES string of the molecule is COC(=O)C(O)C(O)c1cc(N)ccc1C#N. The van der Waals surface area contributed by atoms with Gasteiger partial charge in [0.25, 0.3) is 0 Å². The zero-order valence-corrected chi connectivity index (χ0v) is 9.12. The summed E-state index contributed by atoms with van der Waals surface area (Å²) in [5.41, 5.74) is 6.05. The Balaban J connectivity index is 3.11. The second-order valence-corrected chi connectivity index (χ2v) is 3.37. The maximum absolute atomic E-state index is 11.1. The van der Waals surface area contributed by atoms with E-state index in [1.54, 1.807) is 0 Å². The molecule has 0 amide bonds. The molecule has 1 rings (SSSR count). The average molecular weight is 236 g/mol. The van der Waals surface area contributed by atoms with E-state index < -0.39 is 18.2 Å². The Morgan fingerprint density at radius 1 is 1.53 bits per heavy atom. The Kier molecular flexibility index (Phi) is 4.04. The molecule has 6 heteroatoms. The van der Waals surface area contributed by atoms with Crippen LogP contribution in [0.4, 0.5) is 5.69 Å². The van der Waals surface area contributed by atoms with Crippen LogP contribution < -0.4 is 5.73 Å². The fourth-order valence-electron chi connectivity index (χ4n) is 1.35. The van der Waals surface area contributed by atoms with Crippen molar-refractivity contribution in [3.8, 4) is 6.07 Å². The third kappa shape index (κ3) is 2.72. The molecule has 0 aliphatic rings. The standard InChI is InChI=1S/C11H12N2O4/c1-17-11(16)10(15)9(14)8-4-7(13)3-2-6(8)5-12/h2-4,9-10,14-15H,13H2,1H3. The van der Waals surface area contributed by atoms with Crippen LogP contribution in [0, 0.1) is 11.3 Å². The summed E-state index contributed by atoms with van der Waals surface area (Å²) in [6.45, 7) is 0. The third-order valence-corrected chi connectivity index (χ3v) is 2.26. The molecule has 2 unspecified atom stereocenters. The Morgan fingerprint density at radius 2 is 2.18 bits per heavy atom. The van der Waals surface area contributed by atoms with Gasteiger partial charge in [-0.3, -0.25) is 0 Å². The first kappa shape index (κ1) is 13.0. The zero-order valence-electron chi connectivity index (χ0n) is 9.12. The number of esters is 1. The predicted octanol–water partition coefficient (Wildman–Crippen LogP) is -0.292. The van der Waals surface area contributed by atoms with E-state index in [4.69, 9.17) is 11.0 Å². The molecule has 0 aromatic heterocycles. The van der Waals surface area contributed by atoms with Gasteiger partial charge in [-0.1, -0.05) is 0 Å². The number of hydrogen-bond acceptors (Lipinski definition) is 6. The van der Waals surface area contributed by atoms with Crippen LogP contribution in [0.25, 0.3) is 0 Å². The van der Waals surface area contributed by atoms with E-state index in [9.17, 15) is 15.0 Å². The minimum Gasteiger partial charge on any atom is -0.467 e. The first-order chi connectivity index (χ1) is 8.01. The smallest absolute Gasteiger partial charge is 0.337 e. The van der Waals surface area contributed by atoms with Crippen LogP contribution in [-0.4, -0.2) is 29.4 Å². The number of aliphatic hydroxyl groups excluding tert-OH is 2. The van der Waals surface area contributed by atoms with Crippen molar-refractivity contribution in [2.45, 2.75) is 12.2 Å². The van der Waals surface area contributed by atoms with E-state index in [2.05, 4.69) is 4.74 Å². The summed E-state index contributed by atoms with van der Waals surface area (Å²) in [6, 6.07) is 6.05. The first-order valence-electron chi connectivity index (χ1n) is 4.74. The van der Waals surface area contributed by atoms with Crippen molar-refractivity contribution >= 4 is 11.7 Å². The lowest BCUT2D eigenvalue weighted by atomic mass is 9.98. The molecule has 1 aromatic carbocycles. The molecule has 0 aliphatic carbocycles. The van der Waals surface area contributed by atoms with Gasteiger partial charge in [-0.15, -0.1) is 0 Å². The molecule has 0 fully saturated rings. The van der Waals surface area contributed by atoms with Crippen molar-refractivity contribution in [2.24, 2.45) is 0 Å². The molecule has 4 N–H and O–H groups in total. The van der Waals surface area contributed by atoms with Gasteiger partial charge in [0.05, 0.1) is 18.7 Å². The fraction of sp³-hybridized carbons (Fsp3) is 0.273. The lowest BCUT2D eigenvalue weighted by Crippen LogP contribution is -2.29. The monoisotopic (exact) mass is 236 g/mol. The summed E-state index contributed by atoms with van der Waals surface area (Å²) in [5, 5.41) is 28.1. The summed E-state index contributed by atoms with van der Waals surface area (Å²) in [5.74, 6) is -0.983. The number of anilines is 1. The lowest BCUT2D eigenvalue weighted by molar-refractivity contribution is -0.156. The summed E-state index contributed by atoms with van der Waals surface area (Å²) in [6.07, 6.45) is -3.31. The highest BCUT2D eigenvalue weighted by molar-refractivity contribution is 5.75. The van der Waals surface area contributed by atoms with E-state index in [-0.39, 0.29) is 11.1 Å². The van der Waals surface area contributed by atoms with Crippen LogP contribution in [-0.2, 0) is 9.53 Å². The van der Waals surface area contributed by atoms with Crippen LogP contribution in [0.15, 0.2) is 18.2 Å². The van der Waals surface area contributed by atoms with Gasteiger partial charge >= 0.3 is 5.97 Å². The van der Waals surface area contributed by atoms with Crippen molar-refractivity contribution < 1.29 is 19.7 Å². The Bertz CT molecular complexity index is 467. The van der Waals surface area contributed by atoms with E-state index in [1.807, 2.05) is 6.07 Å². The van der Waals surface area contributed by atoms with Gasteiger partial charge in [-0.05, 0) is 18.2 Å². The van der Waals surface area contributed by atoms with Gasteiger partial charge < -0.3 is 20.7 Å². The van der Waals surface area contributed by atoms with Gasteiger partial charge in [0, 0.05) is 11.3 Å². The Hall–Kier alpha value is -2.10. The summed E-state index contributed by atoms with van der Waals surface area (Å²) in [7, 11) is 1.09. The number of hydrogen-bond donors (Lipinski definition) is 3. The van der Waals surface area contributed by atoms with E-state index in [1.165, 1.54) is 18.2 Å². The molecule has 0 radical (unpaired) electrons. The quantitative estimate of drug-likeness (QED) is 0.490. The van der Waals surface area contributed by atoms with Crippen molar-refractivity contribution in [1.29, 1.82) is 5.26 Å². The van der Waals surface area contributed by atoms with Gasteiger partial charge in [-0.2, -0.15) is 5.26 Å². The van der Waals surface area contributed by atoms with E-state index in [0.717, 1.165) is 7.11 Å². The Labute approximate surface area is 97.9 Å². The number of ether oxygens (including phenoxy) is 1. The number of nitrogen functional groups attached to an aromatic ring is 1. The number of methoxy groups -OCH3 is 1. The Morgan fingerprint density at radius 3 is 2.71 bits per heavy atom. The molecule has 90 valence electrons. The molecule has 2 atom stereocenters. The molecule has 0 aliphatic heterocycles. The van der Waals surface area contributed by atoms with Crippen molar-refractivity contribution in [2.75, 3.05) is 12.8 Å². The normalized spacial score (nSPS) is 13.5. The highest BCUT2D eigenvalue weighted by atomic mass is 16.5. The summed E-state index contributed by atoms with van der Waals surface area (Å²) in [4.78, 5) is 11.1. The lowest BCUT2D eigenvalue weighted by Gasteiger charge is -2.17. The molecular formula is C11H12N2O4.